The molecule has 2 N–H and O–H groups in total. The van der Waals surface area contributed by atoms with E-state index in [0.717, 1.165) is 68.1 Å². The molecule has 0 bridgehead atoms. The van der Waals surface area contributed by atoms with Crippen LogP contribution in [0.3, 0.4) is 0 Å². The summed E-state index contributed by atoms with van der Waals surface area (Å²) in [4.78, 5) is 27.0. The van der Waals surface area contributed by atoms with Crippen molar-refractivity contribution < 1.29 is 4.79 Å². The van der Waals surface area contributed by atoms with Crippen LogP contribution < -0.4 is 15.5 Å². The number of carbonyl (C=O) groups is 1. The van der Waals surface area contributed by atoms with Crippen LogP contribution in [0.15, 0.2) is 17.8 Å². The van der Waals surface area contributed by atoms with Crippen molar-refractivity contribution in [3.8, 4) is 0 Å². The van der Waals surface area contributed by atoms with Crippen molar-refractivity contribution >= 4 is 45.7 Å². The number of carbonyl (C=O) groups excluding carboxylic acids is 1. The van der Waals surface area contributed by atoms with Crippen molar-refractivity contribution in [3.05, 3.63) is 17.8 Å². The molecule has 7 nitrogen and oxygen atoms in total. The summed E-state index contributed by atoms with van der Waals surface area (Å²) < 4.78 is 0. The second-order valence-electron chi connectivity index (χ2n) is 6.57. The first-order valence-electron chi connectivity index (χ1n) is 8.98. The van der Waals surface area contributed by atoms with E-state index >= 15 is 0 Å². The molecule has 0 saturated carbocycles. The number of nitrogens with one attached hydrogen (secondary N) is 2. The Morgan fingerprint density at radius 1 is 1.31 bits per heavy atom. The van der Waals surface area contributed by atoms with Crippen molar-refractivity contribution in [1.29, 1.82) is 0 Å². The molecule has 2 saturated heterocycles. The van der Waals surface area contributed by atoms with Gasteiger partial charge in [0, 0.05) is 45.8 Å². The van der Waals surface area contributed by atoms with Gasteiger partial charge < -0.3 is 15.5 Å². The first-order valence-corrected chi connectivity index (χ1v) is 9.86. The van der Waals surface area contributed by atoms with Gasteiger partial charge >= 0.3 is 0 Å². The number of anilines is 1. The lowest BCUT2D eigenvalue weighted by molar-refractivity contribution is -0.122. The van der Waals surface area contributed by atoms with Crippen LogP contribution in [0.1, 0.15) is 12.8 Å². The van der Waals surface area contributed by atoms with E-state index in [1.54, 1.807) is 17.7 Å². The van der Waals surface area contributed by atoms with E-state index in [9.17, 15) is 4.79 Å². The molecule has 26 heavy (non-hydrogen) atoms. The SMILES string of the molecule is Cl.O=C(NCCN1CCNCC1)C1CCCN1c1ncnc2sccc12. The van der Waals surface area contributed by atoms with Crippen LogP contribution >= 0.6 is 23.7 Å². The summed E-state index contributed by atoms with van der Waals surface area (Å²) in [5.41, 5.74) is 0. The van der Waals surface area contributed by atoms with Gasteiger partial charge in [-0.05, 0) is 24.3 Å². The molecule has 4 rings (SSSR count). The Hall–Kier alpha value is -1.48. The fourth-order valence-corrected chi connectivity index (χ4v) is 4.42. The van der Waals surface area contributed by atoms with Crippen LogP contribution in [0.4, 0.5) is 5.82 Å². The zero-order valence-corrected chi connectivity index (χ0v) is 16.3. The van der Waals surface area contributed by atoms with E-state index < -0.39 is 0 Å². The Bertz CT molecular complexity index is 735. The van der Waals surface area contributed by atoms with Crippen molar-refractivity contribution in [2.75, 3.05) is 50.7 Å². The van der Waals surface area contributed by atoms with Crippen LogP contribution in [-0.2, 0) is 4.79 Å². The lowest BCUT2D eigenvalue weighted by Gasteiger charge is -2.28. The van der Waals surface area contributed by atoms with Gasteiger partial charge in [-0.15, -0.1) is 23.7 Å². The first-order chi connectivity index (χ1) is 12.3. The highest BCUT2D eigenvalue weighted by molar-refractivity contribution is 7.16. The van der Waals surface area contributed by atoms with Gasteiger partial charge in [0.15, 0.2) is 0 Å². The molecule has 1 atom stereocenters. The number of rotatable bonds is 5. The molecule has 0 radical (unpaired) electrons. The third-order valence-corrected chi connectivity index (χ3v) is 5.83. The lowest BCUT2D eigenvalue weighted by atomic mass is 10.2. The van der Waals surface area contributed by atoms with E-state index in [1.807, 2.05) is 11.4 Å². The summed E-state index contributed by atoms with van der Waals surface area (Å²) in [6, 6.07) is 1.92. The summed E-state index contributed by atoms with van der Waals surface area (Å²) in [6.45, 7) is 6.69. The summed E-state index contributed by atoms with van der Waals surface area (Å²) in [5, 5.41) is 9.56. The summed E-state index contributed by atoms with van der Waals surface area (Å²) in [5.74, 6) is 1.01. The van der Waals surface area contributed by atoms with Gasteiger partial charge in [-0.25, -0.2) is 9.97 Å². The topological polar surface area (TPSA) is 73.4 Å². The van der Waals surface area contributed by atoms with E-state index in [0.29, 0.717) is 6.54 Å². The molecule has 2 aliphatic heterocycles. The zero-order valence-electron chi connectivity index (χ0n) is 14.7. The molecular formula is C17H25ClN6OS. The normalized spacial score (nSPS) is 20.9. The molecular weight excluding hydrogens is 372 g/mol. The molecule has 0 spiro atoms. The fraction of sp³-hybridized carbons (Fsp3) is 0.588. The Balaban J connectivity index is 0.00000196. The molecule has 9 heteroatoms. The van der Waals surface area contributed by atoms with Crippen LogP contribution in [0, 0.1) is 0 Å². The lowest BCUT2D eigenvalue weighted by Crippen LogP contribution is -2.48. The predicted octanol–water partition coefficient (Wildman–Crippen LogP) is 1.10. The maximum absolute atomic E-state index is 12.7. The number of hydrogen-bond acceptors (Lipinski definition) is 7. The Labute approximate surface area is 163 Å². The number of amides is 1. The summed E-state index contributed by atoms with van der Waals surface area (Å²) in [6.07, 6.45) is 3.51. The Kier molecular flexibility index (Phi) is 6.63. The molecule has 2 aliphatic rings. The number of fused-ring (bicyclic) bond motifs is 1. The van der Waals surface area contributed by atoms with E-state index in [2.05, 4.69) is 30.4 Å². The Morgan fingerprint density at radius 2 is 2.15 bits per heavy atom. The van der Waals surface area contributed by atoms with Crippen molar-refractivity contribution in [2.45, 2.75) is 18.9 Å². The summed E-state index contributed by atoms with van der Waals surface area (Å²) in [7, 11) is 0. The van der Waals surface area contributed by atoms with Crippen LogP contribution in [-0.4, -0.2) is 72.6 Å². The standard InChI is InChI=1S/C17H24N6OS.ClH/c24-16(19-6-10-22-8-4-18-5-9-22)14-2-1-7-23(14)15-13-3-11-25-17(13)21-12-20-15;/h3,11-12,14,18H,1-2,4-10H2,(H,19,24);1H. The highest BCUT2D eigenvalue weighted by Crippen LogP contribution is 2.31. The number of nitrogens with zero attached hydrogens (tertiary/aromatic N) is 4. The average molecular weight is 397 g/mol. The number of thiophene rings is 1. The van der Waals surface area contributed by atoms with Crippen molar-refractivity contribution in [3.63, 3.8) is 0 Å². The van der Waals surface area contributed by atoms with Crippen molar-refractivity contribution in [1.82, 2.24) is 25.5 Å². The van der Waals surface area contributed by atoms with Crippen LogP contribution in [0.2, 0.25) is 0 Å². The van der Waals surface area contributed by atoms with Gasteiger partial charge in [-0.2, -0.15) is 0 Å². The molecule has 1 amide bonds. The zero-order chi connectivity index (χ0) is 17.1. The minimum absolute atomic E-state index is 0. The average Bonchev–Trinajstić information content (AvgIpc) is 3.31. The molecule has 2 aromatic heterocycles. The molecule has 2 fully saturated rings. The minimum atomic E-state index is -0.124. The number of hydrogen-bond donors (Lipinski definition) is 2. The van der Waals surface area contributed by atoms with Gasteiger partial charge in [-0.3, -0.25) is 9.69 Å². The third-order valence-electron chi connectivity index (χ3n) is 5.01. The largest absolute Gasteiger partial charge is 0.353 e. The minimum Gasteiger partial charge on any atom is -0.353 e. The van der Waals surface area contributed by atoms with Gasteiger partial charge in [0.05, 0.1) is 5.39 Å². The molecule has 2 aromatic rings. The first kappa shape index (κ1) is 19.3. The monoisotopic (exact) mass is 396 g/mol. The number of aromatic nitrogens is 2. The maximum Gasteiger partial charge on any atom is 0.242 e. The Morgan fingerprint density at radius 3 is 3.00 bits per heavy atom. The molecule has 0 aromatic carbocycles. The highest BCUT2D eigenvalue weighted by atomic mass is 35.5. The highest BCUT2D eigenvalue weighted by Gasteiger charge is 2.32. The third kappa shape index (κ3) is 4.09. The number of halogens is 1. The smallest absolute Gasteiger partial charge is 0.242 e. The van der Waals surface area contributed by atoms with E-state index in [4.69, 9.17) is 0 Å². The molecule has 0 aliphatic carbocycles. The van der Waals surface area contributed by atoms with Crippen LogP contribution in [0.25, 0.3) is 10.2 Å². The van der Waals surface area contributed by atoms with Crippen LogP contribution in [0.5, 0.6) is 0 Å². The van der Waals surface area contributed by atoms with Gasteiger partial charge in [-0.1, -0.05) is 0 Å². The molecule has 4 heterocycles. The van der Waals surface area contributed by atoms with Gasteiger partial charge in [0.25, 0.3) is 0 Å². The van der Waals surface area contributed by atoms with E-state index in [-0.39, 0.29) is 24.4 Å². The predicted molar refractivity (Wildman–Crippen MR) is 107 cm³/mol. The maximum atomic E-state index is 12.7. The second-order valence-corrected chi connectivity index (χ2v) is 7.47. The molecule has 1 unspecified atom stereocenters. The van der Waals surface area contributed by atoms with E-state index in [1.165, 1.54) is 0 Å². The van der Waals surface area contributed by atoms with Crippen molar-refractivity contribution in [2.24, 2.45) is 0 Å². The van der Waals surface area contributed by atoms with Gasteiger partial charge in [0.1, 0.15) is 23.0 Å². The second kappa shape index (κ2) is 8.94. The van der Waals surface area contributed by atoms with Gasteiger partial charge in [0.2, 0.25) is 5.91 Å². The summed E-state index contributed by atoms with van der Waals surface area (Å²) >= 11 is 1.61. The quantitative estimate of drug-likeness (QED) is 0.788. The fourth-order valence-electron chi connectivity index (χ4n) is 3.69. The number of piperazine rings is 1. The molecule has 142 valence electrons.